The van der Waals surface area contributed by atoms with E-state index in [0.29, 0.717) is 5.56 Å². The van der Waals surface area contributed by atoms with Crippen LogP contribution >= 0.6 is 0 Å². The molecule has 1 unspecified atom stereocenters. The molecule has 88 valence electrons. The standard InChI is InChI=1S/C14H16N2O/c1-3-10(2)16-14(17)12-5-4-11-6-7-15-9-13(11)8-12/h1,4-5,8,10,15H,6-7,9H2,2H3,(H,16,17). The minimum atomic E-state index is -0.239. The lowest BCUT2D eigenvalue weighted by Gasteiger charge is -2.18. The van der Waals surface area contributed by atoms with Crippen molar-refractivity contribution in [2.75, 3.05) is 6.54 Å². The summed E-state index contributed by atoms with van der Waals surface area (Å²) in [6, 6.07) is 5.60. The predicted octanol–water partition coefficient (Wildman–Crippen LogP) is 1.08. The number of rotatable bonds is 2. The van der Waals surface area contributed by atoms with E-state index in [-0.39, 0.29) is 11.9 Å². The minimum absolute atomic E-state index is 0.108. The van der Waals surface area contributed by atoms with Gasteiger partial charge in [-0.15, -0.1) is 6.42 Å². The lowest BCUT2D eigenvalue weighted by molar-refractivity contribution is 0.0948. The number of hydrogen-bond acceptors (Lipinski definition) is 2. The van der Waals surface area contributed by atoms with Crippen molar-refractivity contribution >= 4 is 5.91 Å². The van der Waals surface area contributed by atoms with Gasteiger partial charge in [0.05, 0.1) is 6.04 Å². The molecule has 1 atom stereocenters. The van der Waals surface area contributed by atoms with E-state index in [1.165, 1.54) is 11.1 Å². The summed E-state index contributed by atoms with van der Waals surface area (Å²) in [6.45, 7) is 3.63. The van der Waals surface area contributed by atoms with Crippen LogP contribution in [0, 0.1) is 12.3 Å². The van der Waals surface area contributed by atoms with Gasteiger partial charge >= 0.3 is 0 Å². The molecule has 3 heteroatoms. The molecule has 1 aliphatic heterocycles. The monoisotopic (exact) mass is 228 g/mol. The van der Waals surface area contributed by atoms with Crippen LogP contribution in [-0.2, 0) is 13.0 Å². The van der Waals surface area contributed by atoms with Crippen LogP contribution in [0.1, 0.15) is 28.4 Å². The van der Waals surface area contributed by atoms with Crippen molar-refractivity contribution in [1.29, 1.82) is 0 Å². The van der Waals surface area contributed by atoms with Crippen molar-refractivity contribution < 1.29 is 4.79 Å². The van der Waals surface area contributed by atoms with Gasteiger partial charge in [0, 0.05) is 12.1 Å². The Kier molecular flexibility index (Phi) is 3.46. The van der Waals surface area contributed by atoms with E-state index in [2.05, 4.69) is 16.6 Å². The molecule has 0 bridgehead atoms. The lowest BCUT2D eigenvalue weighted by Crippen LogP contribution is -2.31. The van der Waals surface area contributed by atoms with Crippen LogP contribution in [0.2, 0.25) is 0 Å². The quantitative estimate of drug-likeness (QED) is 0.744. The number of carbonyl (C=O) groups is 1. The van der Waals surface area contributed by atoms with Crippen molar-refractivity contribution in [2.45, 2.75) is 25.9 Å². The maximum Gasteiger partial charge on any atom is 0.252 e. The van der Waals surface area contributed by atoms with Gasteiger partial charge in [-0.3, -0.25) is 4.79 Å². The molecule has 3 nitrogen and oxygen atoms in total. The van der Waals surface area contributed by atoms with Crippen LogP contribution in [0.4, 0.5) is 0 Å². The molecule has 2 rings (SSSR count). The summed E-state index contributed by atoms with van der Waals surface area (Å²) in [6.07, 6.45) is 6.26. The van der Waals surface area contributed by atoms with E-state index in [1.54, 1.807) is 6.92 Å². The number of carbonyl (C=O) groups excluding carboxylic acids is 1. The second-order valence-electron chi connectivity index (χ2n) is 4.27. The van der Waals surface area contributed by atoms with E-state index in [9.17, 15) is 4.79 Å². The average Bonchev–Trinajstić information content (AvgIpc) is 2.38. The van der Waals surface area contributed by atoms with Crippen molar-refractivity contribution in [3.63, 3.8) is 0 Å². The Balaban J connectivity index is 2.17. The highest BCUT2D eigenvalue weighted by Gasteiger charge is 2.13. The number of fused-ring (bicyclic) bond motifs is 1. The Morgan fingerprint density at radius 2 is 2.35 bits per heavy atom. The molecule has 0 fully saturated rings. The normalized spacial score (nSPS) is 15.5. The number of amides is 1. The van der Waals surface area contributed by atoms with E-state index in [0.717, 1.165) is 19.5 Å². The molecule has 1 aromatic carbocycles. The first-order chi connectivity index (χ1) is 8.20. The summed E-state index contributed by atoms with van der Waals surface area (Å²) in [7, 11) is 0. The number of terminal acetylenes is 1. The fraction of sp³-hybridized carbons (Fsp3) is 0.357. The van der Waals surface area contributed by atoms with Crippen molar-refractivity contribution in [3.05, 3.63) is 34.9 Å². The molecular formula is C14H16N2O. The van der Waals surface area contributed by atoms with Gasteiger partial charge in [-0.05, 0) is 43.1 Å². The van der Waals surface area contributed by atoms with Gasteiger partial charge < -0.3 is 10.6 Å². The largest absolute Gasteiger partial charge is 0.339 e. The highest BCUT2D eigenvalue weighted by Crippen LogP contribution is 2.15. The summed E-state index contributed by atoms with van der Waals surface area (Å²) in [5, 5.41) is 6.05. The van der Waals surface area contributed by atoms with Gasteiger partial charge in [0.25, 0.3) is 5.91 Å². The van der Waals surface area contributed by atoms with Crippen molar-refractivity contribution in [3.8, 4) is 12.3 Å². The zero-order valence-corrected chi connectivity index (χ0v) is 9.92. The SMILES string of the molecule is C#CC(C)NC(=O)c1ccc2c(c1)CNCC2. The van der Waals surface area contributed by atoms with Gasteiger partial charge in [0.1, 0.15) is 0 Å². The number of benzene rings is 1. The Labute approximate surface area is 102 Å². The van der Waals surface area contributed by atoms with Crippen LogP contribution in [0.3, 0.4) is 0 Å². The Bertz CT molecular complexity index is 474. The molecule has 1 aromatic rings. The molecule has 1 aliphatic rings. The van der Waals surface area contributed by atoms with E-state index < -0.39 is 0 Å². The summed E-state index contributed by atoms with van der Waals surface area (Å²) in [5.41, 5.74) is 3.21. The molecule has 0 spiro atoms. The third-order valence-electron chi connectivity index (χ3n) is 2.95. The van der Waals surface area contributed by atoms with Crippen LogP contribution in [-0.4, -0.2) is 18.5 Å². The van der Waals surface area contributed by atoms with E-state index >= 15 is 0 Å². The molecule has 0 saturated heterocycles. The first kappa shape index (κ1) is 11.7. The maximum absolute atomic E-state index is 11.9. The van der Waals surface area contributed by atoms with Crippen LogP contribution in [0.5, 0.6) is 0 Å². The van der Waals surface area contributed by atoms with Crippen LogP contribution < -0.4 is 10.6 Å². The topological polar surface area (TPSA) is 41.1 Å². The third kappa shape index (κ3) is 2.66. The third-order valence-corrected chi connectivity index (χ3v) is 2.95. The van der Waals surface area contributed by atoms with Crippen molar-refractivity contribution in [1.82, 2.24) is 10.6 Å². The van der Waals surface area contributed by atoms with E-state index in [4.69, 9.17) is 6.42 Å². The van der Waals surface area contributed by atoms with E-state index in [1.807, 2.05) is 18.2 Å². The molecular weight excluding hydrogens is 212 g/mol. The molecule has 1 amide bonds. The maximum atomic E-state index is 11.9. The van der Waals surface area contributed by atoms with Crippen LogP contribution in [0.25, 0.3) is 0 Å². The first-order valence-electron chi connectivity index (χ1n) is 5.80. The summed E-state index contributed by atoms with van der Waals surface area (Å²) in [5.74, 6) is 2.38. The second kappa shape index (κ2) is 5.03. The van der Waals surface area contributed by atoms with Crippen molar-refractivity contribution in [2.24, 2.45) is 0 Å². The summed E-state index contributed by atoms with van der Waals surface area (Å²) in [4.78, 5) is 11.9. The first-order valence-corrected chi connectivity index (χ1v) is 5.80. The molecule has 0 aliphatic carbocycles. The smallest absolute Gasteiger partial charge is 0.252 e. The second-order valence-corrected chi connectivity index (χ2v) is 4.27. The zero-order chi connectivity index (χ0) is 12.3. The fourth-order valence-electron chi connectivity index (χ4n) is 1.94. The lowest BCUT2D eigenvalue weighted by atomic mass is 9.98. The molecule has 17 heavy (non-hydrogen) atoms. The summed E-state index contributed by atoms with van der Waals surface area (Å²) >= 11 is 0. The average molecular weight is 228 g/mol. The van der Waals surface area contributed by atoms with Gasteiger partial charge in [-0.25, -0.2) is 0 Å². The van der Waals surface area contributed by atoms with Gasteiger partial charge in [0.15, 0.2) is 0 Å². The molecule has 1 heterocycles. The Hall–Kier alpha value is -1.79. The highest BCUT2D eigenvalue weighted by atomic mass is 16.1. The molecule has 2 N–H and O–H groups in total. The van der Waals surface area contributed by atoms with Gasteiger partial charge in [-0.1, -0.05) is 12.0 Å². The van der Waals surface area contributed by atoms with Gasteiger partial charge in [-0.2, -0.15) is 0 Å². The minimum Gasteiger partial charge on any atom is -0.339 e. The van der Waals surface area contributed by atoms with Crippen LogP contribution in [0.15, 0.2) is 18.2 Å². The predicted molar refractivity (Wildman–Crippen MR) is 67.6 cm³/mol. The zero-order valence-electron chi connectivity index (χ0n) is 9.92. The van der Waals surface area contributed by atoms with Gasteiger partial charge in [0.2, 0.25) is 0 Å². The number of nitrogens with one attached hydrogen (secondary N) is 2. The molecule has 0 radical (unpaired) electrons. The Morgan fingerprint density at radius 1 is 1.53 bits per heavy atom. The highest BCUT2D eigenvalue weighted by molar-refractivity contribution is 5.94. The Morgan fingerprint density at radius 3 is 3.12 bits per heavy atom. The number of hydrogen-bond donors (Lipinski definition) is 2. The fourth-order valence-corrected chi connectivity index (χ4v) is 1.94. The summed E-state index contributed by atoms with van der Waals surface area (Å²) < 4.78 is 0. The molecule has 0 aromatic heterocycles. The molecule has 0 saturated carbocycles.